The zero-order valence-electron chi connectivity index (χ0n) is 8.49. The van der Waals surface area contributed by atoms with Crippen LogP contribution in [0, 0.1) is 5.92 Å². The lowest BCUT2D eigenvalue weighted by molar-refractivity contribution is -0.143. The summed E-state index contributed by atoms with van der Waals surface area (Å²) < 4.78 is 0. The minimum absolute atomic E-state index is 0.125. The molecule has 1 fully saturated rings. The van der Waals surface area contributed by atoms with Crippen LogP contribution in [0.1, 0.15) is 33.1 Å². The lowest BCUT2D eigenvalue weighted by Crippen LogP contribution is -2.40. The molecule has 1 aliphatic carbocycles. The van der Waals surface area contributed by atoms with Gasteiger partial charge in [0, 0.05) is 6.04 Å². The van der Waals surface area contributed by atoms with Gasteiger partial charge in [0.25, 0.3) is 0 Å². The Morgan fingerprint density at radius 1 is 1.38 bits per heavy atom. The third kappa shape index (κ3) is 2.21. The highest BCUT2D eigenvalue weighted by atomic mass is 16.4. The smallest absolute Gasteiger partial charge is 0.308 e. The second kappa shape index (κ2) is 4.61. The van der Waals surface area contributed by atoms with Crippen molar-refractivity contribution in [3.05, 3.63) is 0 Å². The summed E-state index contributed by atoms with van der Waals surface area (Å²) >= 11 is 0. The highest BCUT2D eigenvalue weighted by Crippen LogP contribution is 2.29. The van der Waals surface area contributed by atoms with E-state index in [1.165, 1.54) is 0 Å². The second-order valence-corrected chi connectivity index (χ2v) is 3.66. The molecule has 76 valence electrons. The van der Waals surface area contributed by atoms with Crippen molar-refractivity contribution in [1.29, 1.82) is 0 Å². The van der Waals surface area contributed by atoms with Crippen LogP contribution in [0.15, 0.2) is 0 Å². The molecular formula is C10H19NO2. The third-order valence-corrected chi connectivity index (χ3v) is 3.08. The van der Waals surface area contributed by atoms with E-state index in [0.717, 1.165) is 32.4 Å². The predicted molar refractivity (Wildman–Crippen MR) is 51.7 cm³/mol. The lowest BCUT2D eigenvalue weighted by Gasteiger charge is -2.29. The van der Waals surface area contributed by atoms with Crippen LogP contribution in [0.3, 0.4) is 0 Å². The van der Waals surface area contributed by atoms with Crippen LogP contribution >= 0.6 is 0 Å². The van der Waals surface area contributed by atoms with Gasteiger partial charge < -0.3 is 10.0 Å². The lowest BCUT2D eigenvalue weighted by atomic mass is 10.0. The third-order valence-electron chi connectivity index (χ3n) is 3.08. The van der Waals surface area contributed by atoms with Crippen LogP contribution in [0.2, 0.25) is 0 Å². The van der Waals surface area contributed by atoms with Crippen molar-refractivity contribution in [2.75, 3.05) is 13.1 Å². The van der Waals surface area contributed by atoms with Crippen molar-refractivity contribution >= 4 is 5.97 Å². The quantitative estimate of drug-likeness (QED) is 0.723. The van der Waals surface area contributed by atoms with E-state index in [2.05, 4.69) is 18.7 Å². The number of nitrogens with zero attached hydrogens (tertiary/aromatic N) is 1. The monoisotopic (exact) mass is 185 g/mol. The number of carboxylic acid groups (broad SMARTS) is 1. The van der Waals surface area contributed by atoms with Crippen LogP contribution in [0.5, 0.6) is 0 Å². The van der Waals surface area contributed by atoms with Crippen molar-refractivity contribution < 1.29 is 9.90 Å². The first-order valence-electron chi connectivity index (χ1n) is 5.17. The van der Waals surface area contributed by atoms with Crippen molar-refractivity contribution in [3.8, 4) is 0 Å². The van der Waals surface area contributed by atoms with E-state index in [4.69, 9.17) is 5.11 Å². The number of aliphatic carboxylic acids is 1. The van der Waals surface area contributed by atoms with Crippen molar-refractivity contribution in [1.82, 2.24) is 4.90 Å². The Bertz CT molecular complexity index is 178. The summed E-state index contributed by atoms with van der Waals surface area (Å²) in [6.45, 7) is 6.12. The normalized spacial score (nSPS) is 28.2. The average molecular weight is 185 g/mol. The number of hydrogen-bond acceptors (Lipinski definition) is 2. The molecule has 1 rings (SSSR count). The van der Waals surface area contributed by atoms with Crippen LogP contribution in [0.4, 0.5) is 0 Å². The first-order valence-corrected chi connectivity index (χ1v) is 5.17. The second-order valence-electron chi connectivity index (χ2n) is 3.66. The van der Waals surface area contributed by atoms with Crippen LogP contribution in [-0.4, -0.2) is 35.1 Å². The maximum Gasteiger partial charge on any atom is 0.308 e. The highest BCUT2D eigenvalue weighted by Gasteiger charge is 2.35. The van der Waals surface area contributed by atoms with Gasteiger partial charge in [-0.25, -0.2) is 0 Å². The molecule has 1 N–H and O–H groups in total. The molecule has 13 heavy (non-hydrogen) atoms. The Labute approximate surface area is 79.7 Å². The summed E-state index contributed by atoms with van der Waals surface area (Å²) in [7, 11) is 0. The Morgan fingerprint density at radius 3 is 2.46 bits per heavy atom. The molecule has 0 spiro atoms. The van der Waals surface area contributed by atoms with Gasteiger partial charge in [0.15, 0.2) is 0 Å². The van der Waals surface area contributed by atoms with Crippen molar-refractivity contribution in [2.45, 2.75) is 39.2 Å². The van der Waals surface area contributed by atoms with Crippen LogP contribution in [-0.2, 0) is 4.79 Å². The fourth-order valence-corrected chi connectivity index (χ4v) is 2.36. The van der Waals surface area contributed by atoms with Crippen LogP contribution in [0.25, 0.3) is 0 Å². The number of hydrogen-bond donors (Lipinski definition) is 1. The zero-order chi connectivity index (χ0) is 9.84. The Morgan fingerprint density at radius 2 is 2.00 bits per heavy atom. The first kappa shape index (κ1) is 10.5. The fraction of sp³-hybridized carbons (Fsp3) is 0.900. The van der Waals surface area contributed by atoms with E-state index in [-0.39, 0.29) is 12.0 Å². The summed E-state index contributed by atoms with van der Waals surface area (Å²) in [6.07, 6.45) is 2.98. The van der Waals surface area contributed by atoms with E-state index in [1.807, 2.05) is 0 Å². The molecule has 2 unspecified atom stereocenters. The van der Waals surface area contributed by atoms with E-state index < -0.39 is 5.97 Å². The molecule has 2 atom stereocenters. The van der Waals surface area contributed by atoms with Gasteiger partial charge in [-0.3, -0.25) is 4.79 Å². The van der Waals surface area contributed by atoms with E-state index in [1.54, 1.807) is 0 Å². The summed E-state index contributed by atoms with van der Waals surface area (Å²) in [5, 5.41) is 9.00. The molecule has 0 saturated heterocycles. The molecule has 1 aliphatic rings. The molecule has 0 heterocycles. The van der Waals surface area contributed by atoms with E-state index >= 15 is 0 Å². The van der Waals surface area contributed by atoms with Gasteiger partial charge in [0.05, 0.1) is 5.92 Å². The minimum Gasteiger partial charge on any atom is -0.481 e. The van der Waals surface area contributed by atoms with Gasteiger partial charge in [-0.1, -0.05) is 20.3 Å². The van der Waals surface area contributed by atoms with Crippen molar-refractivity contribution in [2.24, 2.45) is 5.92 Å². The number of carbonyl (C=O) groups is 1. The summed E-state index contributed by atoms with van der Waals surface area (Å²) in [4.78, 5) is 13.2. The number of carboxylic acids is 1. The van der Waals surface area contributed by atoms with Crippen LogP contribution < -0.4 is 0 Å². The maximum absolute atomic E-state index is 10.9. The molecule has 0 radical (unpaired) electrons. The topological polar surface area (TPSA) is 40.5 Å². The number of rotatable bonds is 4. The van der Waals surface area contributed by atoms with E-state index in [0.29, 0.717) is 0 Å². The maximum atomic E-state index is 10.9. The summed E-state index contributed by atoms with van der Waals surface area (Å²) in [5.74, 6) is -0.741. The molecule has 0 aromatic rings. The predicted octanol–water partition coefficient (Wildman–Crippen LogP) is 1.58. The minimum atomic E-state index is -0.616. The summed E-state index contributed by atoms with van der Waals surface area (Å²) in [5.41, 5.74) is 0. The molecule has 1 saturated carbocycles. The average Bonchev–Trinajstić information content (AvgIpc) is 2.55. The molecule has 0 bridgehead atoms. The summed E-state index contributed by atoms with van der Waals surface area (Å²) in [6, 6.07) is 0.285. The SMILES string of the molecule is CCN(CC)C1CCCC1C(=O)O. The Balaban J connectivity index is 2.61. The molecule has 0 aromatic carbocycles. The van der Waals surface area contributed by atoms with Gasteiger partial charge in [-0.05, 0) is 25.9 Å². The fourth-order valence-electron chi connectivity index (χ4n) is 2.36. The molecule has 0 aromatic heterocycles. The highest BCUT2D eigenvalue weighted by molar-refractivity contribution is 5.71. The molecule has 0 amide bonds. The largest absolute Gasteiger partial charge is 0.481 e. The Kier molecular flexibility index (Phi) is 3.72. The zero-order valence-corrected chi connectivity index (χ0v) is 8.49. The van der Waals surface area contributed by atoms with E-state index in [9.17, 15) is 4.79 Å². The molecular weight excluding hydrogens is 166 g/mol. The molecule has 3 nitrogen and oxygen atoms in total. The molecule has 3 heteroatoms. The van der Waals surface area contributed by atoms with Gasteiger partial charge in [0.1, 0.15) is 0 Å². The van der Waals surface area contributed by atoms with Gasteiger partial charge in [-0.15, -0.1) is 0 Å². The standard InChI is InChI=1S/C10H19NO2/c1-3-11(4-2)9-7-5-6-8(9)10(12)13/h8-9H,3-7H2,1-2H3,(H,12,13). The van der Waals surface area contributed by atoms with Gasteiger partial charge in [0.2, 0.25) is 0 Å². The molecule has 0 aliphatic heterocycles. The first-order chi connectivity index (χ1) is 6.20. The van der Waals surface area contributed by atoms with Gasteiger partial charge in [-0.2, -0.15) is 0 Å². The Hall–Kier alpha value is -0.570. The van der Waals surface area contributed by atoms with Gasteiger partial charge >= 0.3 is 5.97 Å². The van der Waals surface area contributed by atoms with Crippen molar-refractivity contribution in [3.63, 3.8) is 0 Å².